The maximum absolute atomic E-state index is 11.7. The standard InChI is InChI=1S/C15H31N3O/c1-5-16-13(4)14-8-6-7-10-18(14)11-9-15(19)17-12(2)3/h12-14,16H,5-11H2,1-4H3,(H,17,19). The fourth-order valence-electron chi connectivity index (χ4n) is 2.96. The summed E-state index contributed by atoms with van der Waals surface area (Å²) < 4.78 is 0. The lowest BCUT2D eigenvalue weighted by Crippen LogP contribution is -2.51. The molecule has 1 fully saturated rings. The fourth-order valence-corrected chi connectivity index (χ4v) is 2.96. The van der Waals surface area contributed by atoms with Gasteiger partial charge in [0.15, 0.2) is 0 Å². The van der Waals surface area contributed by atoms with Crippen molar-refractivity contribution in [2.45, 2.75) is 71.5 Å². The first kappa shape index (κ1) is 16.4. The van der Waals surface area contributed by atoms with E-state index in [4.69, 9.17) is 0 Å². The van der Waals surface area contributed by atoms with E-state index in [-0.39, 0.29) is 11.9 Å². The van der Waals surface area contributed by atoms with E-state index in [1.54, 1.807) is 0 Å². The fraction of sp³-hybridized carbons (Fsp3) is 0.933. The zero-order chi connectivity index (χ0) is 14.3. The smallest absolute Gasteiger partial charge is 0.221 e. The van der Waals surface area contributed by atoms with Gasteiger partial charge in [0.2, 0.25) is 5.91 Å². The SMILES string of the molecule is CCNC(C)C1CCCCN1CCC(=O)NC(C)C. The normalized spacial score (nSPS) is 22.5. The topological polar surface area (TPSA) is 44.4 Å². The van der Waals surface area contributed by atoms with Crippen LogP contribution >= 0.6 is 0 Å². The Bertz CT molecular complexity index is 268. The molecule has 1 aliphatic heterocycles. The maximum atomic E-state index is 11.7. The molecule has 1 amide bonds. The van der Waals surface area contributed by atoms with Crippen molar-refractivity contribution in [3.63, 3.8) is 0 Å². The minimum absolute atomic E-state index is 0.176. The quantitative estimate of drug-likeness (QED) is 0.740. The number of likely N-dealkylation sites (tertiary alicyclic amines) is 1. The summed E-state index contributed by atoms with van der Waals surface area (Å²) in [6.45, 7) is 11.5. The van der Waals surface area contributed by atoms with Gasteiger partial charge in [-0.1, -0.05) is 13.3 Å². The van der Waals surface area contributed by atoms with E-state index in [0.717, 1.165) is 19.6 Å². The van der Waals surface area contributed by atoms with Gasteiger partial charge in [-0.25, -0.2) is 0 Å². The molecule has 2 unspecified atom stereocenters. The average Bonchev–Trinajstić information content (AvgIpc) is 2.36. The van der Waals surface area contributed by atoms with Gasteiger partial charge in [-0.2, -0.15) is 0 Å². The van der Waals surface area contributed by atoms with Crippen LogP contribution in [-0.2, 0) is 4.79 Å². The highest BCUT2D eigenvalue weighted by Gasteiger charge is 2.26. The number of carbonyl (C=O) groups is 1. The number of nitrogens with one attached hydrogen (secondary N) is 2. The van der Waals surface area contributed by atoms with Crippen LogP contribution in [0.5, 0.6) is 0 Å². The van der Waals surface area contributed by atoms with Crippen LogP contribution in [-0.4, -0.2) is 48.6 Å². The van der Waals surface area contributed by atoms with Gasteiger partial charge in [-0.05, 0) is 46.7 Å². The van der Waals surface area contributed by atoms with Crippen LogP contribution in [0.2, 0.25) is 0 Å². The number of amides is 1. The van der Waals surface area contributed by atoms with Gasteiger partial charge in [0.05, 0.1) is 0 Å². The molecule has 4 nitrogen and oxygen atoms in total. The van der Waals surface area contributed by atoms with E-state index >= 15 is 0 Å². The van der Waals surface area contributed by atoms with Crippen molar-refractivity contribution in [1.82, 2.24) is 15.5 Å². The molecule has 1 aliphatic rings. The van der Waals surface area contributed by atoms with Crippen LogP contribution in [0.1, 0.15) is 53.4 Å². The third-order valence-corrected chi connectivity index (χ3v) is 3.84. The van der Waals surface area contributed by atoms with Gasteiger partial charge in [0.1, 0.15) is 0 Å². The first-order valence-electron chi connectivity index (χ1n) is 7.81. The first-order chi connectivity index (χ1) is 9.04. The van der Waals surface area contributed by atoms with Crippen LogP contribution in [0.25, 0.3) is 0 Å². The second-order valence-electron chi connectivity index (χ2n) is 5.92. The highest BCUT2D eigenvalue weighted by molar-refractivity contribution is 5.76. The zero-order valence-electron chi connectivity index (χ0n) is 13.0. The first-order valence-corrected chi connectivity index (χ1v) is 7.81. The van der Waals surface area contributed by atoms with Crippen molar-refractivity contribution in [3.8, 4) is 0 Å². The van der Waals surface area contributed by atoms with Crippen molar-refractivity contribution in [2.24, 2.45) is 0 Å². The zero-order valence-corrected chi connectivity index (χ0v) is 13.0. The Morgan fingerprint density at radius 3 is 2.68 bits per heavy atom. The molecule has 1 heterocycles. The molecular weight excluding hydrogens is 238 g/mol. The number of hydrogen-bond donors (Lipinski definition) is 2. The maximum Gasteiger partial charge on any atom is 0.221 e. The molecule has 0 saturated carbocycles. The molecule has 0 aromatic carbocycles. The van der Waals surface area contributed by atoms with Gasteiger partial charge >= 0.3 is 0 Å². The lowest BCUT2D eigenvalue weighted by Gasteiger charge is -2.39. The van der Waals surface area contributed by atoms with Gasteiger partial charge < -0.3 is 10.6 Å². The van der Waals surface area contributed by atoms with Gasteiger partial charge in [0.25, 0.3) is 0 Å². The van der Waals surface area contributed by atoms with Crippen molar-refractivity contribution in [1.29, 1.82) is 0 Å². The van der Waals surface area contributed by atoms with E-state index in [1.807, 2.05) is 13.8 Å². The van der Waals surface area contributed by atoms with Crippen LogP contribution in [0.15, 0.2) is 0 Å². The summed E-state index contributed by atoms with van der Waals surface area (Å²) in [7, 11) is 0. The van der Waals surface area contributed by atoms with Gasteiger partial charge in [-0.15, -0.1) is 0 Å². The molecule has 0 spiro atoms. The molecule has 0 radical (unpaired) electrons. The second-order valence-corrected chi connectivity index (χ2v) is 5.92. The summed E-state index contributed by atoms with van der Waals surface area (Å²) in [5.41, 5.74) is 0. The Balaban J connectivity index is 2.41. The Hall–Kier alpha value is -0.610. The molecule has 112 valence electrons. The monoisotopic (exact) mass is 269 g/mol. The van der Waals surface area contributed by atoms with E-state index in [9.17, 15) is 4.79 Å². The van der Waals surface area contributed by atoms with Crippen LogP contribution in [0.3, 0.4) is 0 Å². The second kappa shape index (κ2) is 8.54. The predicted molar refractivity (Wildman–Crippen MR) is 80.2 cm³/mol. The minimum Gasteiger partial charge on any atom is -0.354 e. The lowest BCUT2D eigenvalue weighted by atomic mass is 9.96. The molecule has 1 rings (SSSR count). The van der Waals surface area contributed by atoms with Crippen LogP contribution < -0.4 is 10.6 Å². The van der Waals surface area contributed by atoms with Gasteiger partial charge in [-0.3, -0.25) is 9.69 Å². The molecule has 0 aromatic rings. The average molecular weight is 269 g/mol. The third-order valence-electron chi connectivity index (χ3n) is 3.84. The number of likely N-dealkylation sites (N-methyl/N-ethyl adjacent to an activating group) is 1. The Morgan fingerprint density at radius 2 is 2.05 bits per heavy atom. The number of rotatable bonds is 7. The molecule has 2 N–H and O–H groups in total. The Kier molecular flexibility index (Phi) is 7.39. The van der Waals surface area contributed by atoms with E-state index in [1.165, 1.54) is 19.3 Å². The summed E-state index contributed by atoms with van der Waals surface area (Å²) in [6, 6.07) is 1.34. The summed E-state index contributed by atoms with van der Waals surface area (Å²) in [4.78, 5) is 14.2. The van der Waals surface area contributed by atoms with Crippen molar-refractivity contribution in [2.75, 3.05) is 19.6 Å². The van der Waals surface area contributed by atoms with Crippen molar-refractivity contribution >= 4 is 5.91 Å². The molecule has 0 aromatic heterocycles. The summed E-state index contributed by atoms with van der Waals surface area (Å²) in [5, 5.41) is 6.49. The van der Waals surface area contributed by atoms with Crippen molar-refractivity contribution < 1.29 is 4.79 Å². The third kappa shape index (κ3) is 5.91. The molecule has 0 bridgehead atoms. The van der Waals surface area contributed by atoms with E-state index in [0.29, 0.717) is 18.5 Å². The molecule has 2 atom stereocenters. The molecular formula is C15H31N3O. The Morgan fingerprint density at radius 1 is 1.32 bits per heavy atom. The van der Waals surface area contributed by atoms with Crippen LogP contribution in [0.4, 0.5) is 0 Å². The van der Waals surface area contributed by atoms with Crippen molar-refractivity contribution in [3.05, 3.63) is 0 Å². The number of hydrogen-bond acceptors (Lipinski definition) is 3. The number of piperidine rings is 1. The molecule has 19 heavy (non-hydrogen) atoms. The highest BCUT2D eigenvalue weighted by atomic mass is 16.1. The minimum atomic E-state index is 0.176. The molecule has 4 heteroatoms. The highest BCUT2D eigenvalue weighted by Crippen LogP contribution is 2.20. The van der Waals surface area contributed by atoms with Crippen LogP contribution in [0, 0.1) is 0 Å². The summed E-state index contributed by atoms with van der Waals surface area (Å²) >= 11 is 0. The van der Waals surface area contributed by atoms with Gasteiger partial charge in [0, 0.05) is 31.1 Å². The molecule has 0 aliphatic carbocycles. The molecule has 1 saturated heterocycles. The predicted octanol–water partition coefficient (Wildman–Crippen LogP) is 1.75. The number of nitrogens with zero attached hydrogens (tertiary/aromatic N) is 1. The number of carbonyl (C=O) groups excluding carboxylic acids is 1. The largest absolute Gasteiger partial charge is 0.354 e. The summed E-state index contributed by atoms with van der Waals surface area (Å²) in [6.07, 6.45) is 4.45. The van der Waals surface area contributed by atoms with E-state index in [2.05, 4.69) is 29.4 Å². The lowest BCUT2D eigenvalue weighted by molar-refractivity contribution is -0.122. The van der Waals surface area contributed by atoms with E-state index < -0.39 is 0 Å². The Labute approximate surface area is 118 Å². The summed E-state index contributed by atoms with van der Waals surface area (Å²) in [5.74, 6) is 0.176.